The number of piperazine rings is 1. The van der Waals surface area contributed by atoms with E-state index in [0.717, 1.165) is 18.5 Å². The normalized spacial score (nSPS) is 21.4. The number of alkyl halides is 3. The maximum absolute atomic E-state index is 13.7. The molecule has 2 aromatic heterocycles. The van der Waals surface area contributed by atoms with Crippen molar-refractivity contribution in [2.75, 3.05) is 49.3 Å². The van der Waals surface area contributed by atoms with Crippen LogP contribution in [0.2, 0.25) is 0 Å². The molecule has 1 aliphatic heterocycles. The van der Waals surface area contributed by atoms with Crippen molar-refractivity contribution in [1.29, 1.82) is 0 Å². The second-order valence-electron chi connectivity index (χ2n) is 9.34. The van der Waals surface area contributed by atoms with E-state index >= 15 is 0 Å². The molecule has 2 aliphatic rings. The minimum absolute atomic E-state index is 0.000513. The summed E-state index contributed by atoms with van der Waals surface area (Å²) < 4.78 is 66.2. The van der Waals surface area contributed by atoms with Gasteiger partial charge in [-0.1, -0.05) is 0 Å². The van der Waals surface area contributed by atoms with Crippen LogP contribution in [0, 0.1) is 0 Å². The molecule has 11 heteroatoms. The highest BCUT2D eigenvalue weighted by Crippen LogP contribution is 2.41. The molecule has 3 aromatic rings. The minimum Gasteiger partial charge on any atom is -0.368 e. The average molecular weight is 508 g/mol. The molecule has 0 amide bonds. The predicted octanol–water partition coefficient (Wildman–Crippen LogP) is 3.71. The Morgan fingerprint density at radius 1 is 0.971 bits per heavy atom. The molecule has 5 rings (SSSR count). The van der Waals surface area contributed by atoms with Gasteiger partial charge in [0.1, 0.15) is 11.5 Å². The van der Waals surface area contributed by atoms with E-state index in [4.69, 9.17) is 4.98 Å². The van der Waals surface area contributed by atoms with Gasteiger partial charge in [0, 0.05) is 61.8 Å². The molecule has 1 aromatic carbocycles. The Kier molecular flexibility index (Phi) is 5.95. The average Bonchev–Trinajstić information content (AvgIpc) is 3.17. The smallest absolute Gasteiger partial charge is 0.368 e. The predicted molar refractivity (Wildman–Crippen MR) is 130 cm³/mol. The molecule has 1 N–H and O–H groups in total. The molecular formula is C24H28F3N5O2S. The molecule has 1 saturated heterocycles. The van der Waals surface area contributed by atoms with Crippen molar-refractivity contribution in [3.05, 3.63) is 48.2 Å². The number of hydrogen-bond donors (Lipinski definition) is 1. The van der Waals surface area contributed by atoms with E-state index in [0.29, 0.717) is 43.7 Å². The number of halogens is 3. The molecule has 7 nitrogen and oxygen atoms in total. The summed E-state index contributed by atoms with van der Waals surface area (Å²) in [7, 11) is -1.38. The van der Waals surface area contributed by atoms with Gasteiger partial charge < -0.3 is 19.7 Å². The number of hydrogen-bond acceptors (Lipinski definition) is 6. The number of aromatic nitrogens is 2. The van der Waals surface area contributed by atoms with Gasteiger partial charge in [-0.3, -0.25) is 0 Å². The highest BCUT2D eigenvalue weighted by atomic mass is 32.2. The highest BCUT2D eigenvalue weighted by molar-refractivity contribution is 7.90. The maximum Gasteiger partial charge on any atom is 0.418 e. The fraction of sp³-hybridized carbons (Fsp3) is 0.458. The van der Waals surface area contributed by atoms with Crippen molar-refractivity contribution in [2.45, 2.75) is 36.0 Å². The van der Waals surface area contributed by atoms with Gasteiger partial charge in [0.2, 0.25) is 0 Å². The number of nitrogens with zero attached hydrogens (tertiary/aromatic N) is 4. The molecule has 0 unspecified atom stereocenters. The topological polar surface area (TPSA) is 70.5 Å². The van der Waals surface area contributed by atoms with E-state index in [9.17, 15) is 21.6 Å². The van der Waals surface area contributed by atoms with Gasteiger partial charge in [0.15, 0.2) is 9.84 Å². The SMILES string of the molecule is CNC1CC(n2cc(C(F)(F)F)c3ccc(N4CCN(c5ccc(S(C)(=O)=O)cc5)CC4)nc32)C1. The Labute approximate surface area is 202 Å². The Morgan fingerprint density at radius 2 is 1.60 bits per heavy atom. The van der Waals surface area contributed by atoms with Crippen LogP contribution in [-0.4, -0.2) is 63.5 Å². The highest BCUT2D eigenvalue weighted by Gasteiger charge is 2.38. The van der Waals surface area contributed by atoms with Crippen LogP contribution in [0.3, 0.4) is 0 Å². The molecule has 2 fully saturated rings. The summed E-state index contributed by atoms with van der Waals surface area (Å²) in [6.07, 6.45) is -0.476. The first-order valence-corrected chi connectivity index (χ1v) is 13.5. The quantitative estimate of drug-likeness (QED) is 0.568. The number of anilines is 2. The number of benzene rings is 1. The molecule has 188 valence electrons. The van der Waals surface area contributed by atoms with Gasteiger partial charge in [-0.25, -0.2) is 13.4 Å². The third kappa shape index (κ3) is 4.58. The summed E-state index contributed by atoms with van der Waals surface area (Å²) in [6.45, 7) is 2.70. The fourth-order valence-electron chi connectivity index (χ4n) is 4.94. The number of nitrogens with one attached hydrogen (secondary N) is 1. The molecule has 0 bridgehead atoms. The Morgan fingerprint density at radius 3 is 2.17 bits per heavy atom. The third-order valence-electron chi connectivity index (χ3n) is 7.12. The van der Waals surface area contributed by atoms with E-state index in [1.807, 2.05) is 7.05 Å². The van der Waals surface area contributed by atoms with Gasteiger partial charge in [0.25, 0.3) is 0 Å². The molecule has 35 heavy (non-hydrogen) atoms. The zero-order valence-electron chi connectivity index (χ0n) is 19.6. The molecular weight excluding hydrogens is 479 g/mol. The van der Waals surface area contributed by atoms with E-state index in [1.165, 1.54) is 12.5 Å². The van der Waals surface area contributed by atoms with Gasteiger partial charge in [-0.2, -0.15) is 13.2 Å². The van der Waals surface area contributed by atoms with Crippen LogP contribution in [0.4, 0.5) is 24.7 Å². The number of sulfone groups is 1. The standard InChI is InChI=1S/C24H28F3N5O2S/c1-28-16-13-18(14-16)32-15-21(24(25,26)27)20-7-8-22(29-23(20)32)31-11-9-30(10-12-31)17-3-5-19(6-4-17)35(2,33)34/h3-8,15-16,18,28H,9-14H2,1-2H3. The van der Waals surface area contributed by atoms with Crippen molar-refractivity contribution in [3.63, 3.8) is 0 Å². The molecule has 1 saturated carbocycles. The van der Waals surface area contributed by atoms with Crippen molar-refractivity contribution >= 4 is 32.4 Å². The van der Waals surface area contributed by atoms with Gasteiger partial charge in [0.05, 0.1) is 10.5 Å². The van der Waals surface area contributed by atoms with Crippen LogP contribution < -0.4 is 15.1 Å². The maximum atomic E-state index is 13.7. The summed E-state index contributed by atoms with van der Waals surface area (Å²) in [5.41, 5.74) is 0.684. The van der Waals surface area contributed by atoms with Crippen LogP contribution in [0.15, 0.2) is 47.5 Å². The van der Waals surface area contributed by atoms with Crippen molar-refractivity contribution in [2.24, 2.45) is 0 Å². The van der Waals surface area contributed by atoms with Crippen LogP contribution in [0.1, 0.15) is 24.4 Å². The number of pyridine rings is 1. The zero-order chi connectivity index (χ0) is 25.0. The van der Waals surface area contributed by atoms with Crippen LogP contribution in [-0.2, 0) is 16.0 Å². The van der Waals surface area contributed by atoms with Crippen molar-refractivity contribution in [1.82, 2.24) is 14.9 Å². The number of rotatable bonds is 5. The lowest BCUT2D eigenvalue weighted by molar-refractivity contribution is -0.136. The summed E-state index contributed by atoms with van der Waals surface area (Å²) in [5.74, 6) is 0.669. The summed E-state index contributed by atoms with van der Waals surface area (Å²) in [6, 6.07) is 10.4. The monoisotopic (exact) mass is 507 g/mol. The van der Waals surface area contributed by atoms with Gasteiger partial charge >= 0.3 is 6.18 Å². The molecule has 3 heterocycles. The summed E-state index contributed by atoms with van der Waals surface area (Å²) in [4.78, 5) is 9.24. The Bertz CT molecular complexity index is 1320. The lowest BCUT2D eigenvalue weighted by Gasteiger charge is -2.37. The van der Waals surface area contributed by atoms with Crippen LogP contribution in [0.5, 0.6) is 0 Å². The van der Waals surface area contributed by atoms with Gasteiger partial charge in [-0.15, -0.1) is 0 Å². The fourth-order valence-corrected chi connectivity index (χ4v) is 5.57. The summed E-state index contributed by atoms with van der Waals surface area (Å²) in [5, 5.41) is 3.32. The zero-order valence-corrected chi connectivity index (χ0v) is 20.4. The Balaban J connectivity index is 1.36. The minimum atomic E-state index is -4.43. The van der Waals surface area contributed by atoms with E-state index in [1.54, 1.807) is 41.0 Å². The lowest BCUT2D eigenvalue weighted by atomic mass is 9.87. The van der Waals surface area contributed by atoms with E-state index in [2.05, 4.69) is 15.1 Å². The molecule has 0 atom stereocenters. The second kappa shape index (κ2) is 8.70. The lowest BCUT2D eigenvalue weighted by Crippen LogP contribution is -2.46. The first kappa shape index (κ1) is 23.9. The molecule has 1 aliphatic carbocycles. The van der Waals surface area contributed by atoms with Crippen molar-refractivity contribution < 1.29 is 21.6 Å². The van der Waals surface area contributed by atoms with E-state index in [-0.39, 0.29) is 16.3 Å². The largest absolute Gasteiger partial charge is 0.418 e. The number of fused-ring (bicyclic) bond motifs is 1. The van der Waals surface area contributed by atoms with E-state index < -0.39 is 21.6 Å². The molecule has 0 radical (unpaired) electrons. The third-order valence-corrected chi connectivity index (χ3v) is 8.25. The summed E-state index contributed by atoms with van der Waals surface area (Å²) >= 11 is 0. The van der Waals surface area contributed by atoms with Gasteiger partial charge in [-0.05, 0) is 56.3 Å². The first-order chi connectivity index (χ1) is 16.5. The first-order valence-electron chi connectivity index (χ1n) is 11.6. The van der Waals surface area contributed by atoms with Crippen LogP contribution >= 0.6 is 0 Å². The van der Waals surface area contributed by atoms with Crippen molar-refractivity contribution in [3.8, 4) is 0 Å². The Hall–Kier alpha value is -2.79. The van der Waals surface area contributed by atoms with Crippen LogP contribution in [0.25, 0.3) is 11.0 Å². The molecule has 0 spiro atoms. The second-order valence-corrected chi connectivity index (χ2v) is 11.4.